The SMILES string of the molecule is Cc1cc(SCc2nn(-c3ccc(C(F)(F)F)cc3F)nc2C)ccc1OCC(C)C(=O)O. The van der Waals surface area contributed by atoms with Gasteiger partial charge in [0, 0.05) is 10.6 Å². The van der Waals surface area contributed by atoms with Crippen LogP contribution in [-0.2, 0) is 16.7 Å². The van der Waals surface area contributed by atoms with Gasteiger partial charge in [0.2, 0.25) is 0 Å². The van der Waals surface area contributed by atoms with Gasteiger partial charge in [0.25, 0.3) is 0 Å². The highest BCUT2D eigenvalue weighted by molar-refractivity contribution is 7.98. The fraction of sp³-hybridized carbons (Fsp3) is 0.318. The molecule has 0 fully saturated rings. The van der Waals surface area contributed by atoms with Gasteiger partial charge in [-0.3, -0.25) is 4.79 Å². The van der Waals surface area contributed by atoms with E-state index in [1.54, 1.807) is 19.9 Å². The van der Waals surface area contributed by atoms with E-state index in [0.717, 1.165) is 27.4 Å². The van der Waals surface area contributed by atoms with Gasteiger partial charge in [-0.2, -0.15) is 23.4 Å². The minimum atomic E-state index is -4.64. The van der Waals surface area contributed by atoms with E-state index in [9.17, 15) is 22.4 Å². The largest absolute Gasteiger partial charge is 0.492 e. The van der Waals surface area contributed by atoms with Crippen LogP contribution in [-0.4, -0.2) is 32.7 Å². The molecule has 0 aliphatic heterocycles. The van der Waals surface area contributed by atoms with E-state index in [1.165, 1.54) is 11.8 Å². The normalized spacial score (nSPS) is 12.6. The molecule has 0 aliphatic rings. The van der Waals surface area contributed by atoms with Crippen LogP contribution in [0.1, 0.15) is 29.4 Å². The maximum atomic E-state index is 14.2. The minimum absolute atomic E-state index is 0.0610. The molecule has 11 heteroatoms. The third-order valence-corrected chi connectivity index (χ3v) is 5.81. The van der Waals surface area contributed by atoms with Crippen LogP contribution in [0.4, 0.5) is 17.6 Å². The van der Waals surface area contributed by atoms with Gasteiger partial charge in [-0.25, -0.2) is 4.39 Å². The van der Waals surface area contributed by atoms with Crippen molar-refractivity contribution in [2.24, 2.45) is 5.92 Å². The topological polar surface area (TPSA) is 77.2 Å². The number of thioether (sulfide) groups is 1. The number of benzene rings is 2. The Bertz CT molecular complexity index is 1160. The number of halogens is 4. The first-order chi connectivity index (χ1) is 15.5. The Morgan fingerprint density at radius 2 is 1.91 bits per heavy atom. The Hall–Kier alpha value is -3.08. The number of carbonyl (C=O) groups is 1. The van der Waals surface area contributed by atoms with E-state index in [-0.39, 0.29) is 12.3 Å². The van der Waals surface area contributed by atoms with Gasteiger partial charge in [0.15, 0.2) is 5.82 Å². The monoisotopic (exact) mass is 483 g/mol. The van der Waals surface area contributed by atoms with Crippen LogP contribution < -0.4 is 4.74 Å². The molecular weight excluding hydrogens is 462 g/mol. The molecule has 1 heterocycles. The summed E-state index contributed by atoms with van der Waals surface area (Å²) in [6, 6.07) is 7.69. The molecule has 33 heavy (non-hydrogen) atoms. The average molecular weight is 483 g/mol. The predicted molar refractivity (Wildman–Crippen MR) is 114 cm³/mol. The van der Waals surface area contributed by atoms with Crippen molar-refractivity contribution in [3.8, 4) is 11.4 Å². The number of carboxylic acid groups (broad SMARTS) is 1. The van der Waals surface area contributed by atoms with Gasteiger partial charge in [0.1, 0.15) is 18.0 Å². The molecule has 6 nitrogen and oxygen atoms in total. The first kappa shape index (κ1) is 24.6. The standard InChI is InChI=1S/C22H21F4N3O3S/c1-12-8-16(5-7-20(12)32-10-13(2)21(30)31)33-11-18-14(3)27-29(28-18)19-6-4-15(9-17(19)23)22(24,25)26/h4-9,13H,10-11H2,1-3H3,(H,30,31). The van der Waals surface area contributed by atoms with Crippen LogP contribution in [0.2, 0.25) is 0 Å². The highest BCUT2D eigenvalue weighted by Gasteiger charge is 2.31. The van der Waals surface area contributed by atoms with Crippen LogP contribution in [0.3, 0.4) is 0 Å². The summed E-state index contributed by atoms with van der Waals surface area (Å²) >= 11 is 1.45. The number of hydrogen-bond acceptors (Lipinski definition) is 5. The van der Waals surface area contributed by atoms with E-state index in [2.05, 4.69) is 10.2 Å². The average Bonchev–Trinajstić information content (AvgIpc) is 3.10. The number of rotatable bonds is 8. The number of ether oxygens (including phenoxy) is 1. The molecule has 1 aromatic heterocycles. The molecule has 1 N–H and O–H groups in total. The number of hydrogen-bond donors (Lipinski definition) is 1. The van der Waals surface area contributed by atoms with Crippen LogP contribution in [0.25, 0.3) is 5.69 Å². The Morgan fingerprint density at radius 3 is 2.52 bits per heavy atom. The van der Waals surface area contributed by atoms with Crippen molar-refractivity contribution < 1.29 is 32.2 Å². The van der Waals surface area contributed by atoms with E-state index in [0.29, 0.717) is 29.0 Å². The molecule has 176 valence electrons. The first-order valence-electron chi connectivity index (χ1n) is 9.84. The third kappa shape index (κ3) is 6.04. The van der Waals surface area contributed by atoms with E-state index in [4.69, 9.17) is 9.84 Å². The van der Waals surface area contributed by atoms with Crippen molar-refractivity contribution in [1.82, 2.24) is 15.0 Å². The molecule has 1 atom stereocenters. The number of aromatic nitrogens is 3. The van der Waals surface area contributed by atoms with Gasteiger partial charge in [-0.15, -0.1) is 16.6 Å². The second-order valence-corrected chi connectivity index (χ2v) is 8.50. The molecule has 1 unspecified atom stereocenters. The highest BCUT2D eigenvalue weighted by Crippen LogP contribution is 2.31. The van der Waals surface area contributed by atoms with E-state index >= 15 is 0 Å². The summed E-state index contributed by atoms with van der Waals surface area (Å²) in [7, 11) is 0. The highest BCUT2D eigenvalue weighted by atomic mass is 32.2. The summed E-state index contributed by atoms with van der Waals surface area (Å²) < 4.78 is 58.1. The van der Waals surface area contributed by atoms with Crippen molar-refractivity contribution in [1.29, 1.82) is 0 Å². The van der Waals surface area contributed by atoms with Crippen LogP contribution in [0.5, 0.6) is 5.75 Å². The van der Waals surface area contributed by atoms with E-state index < -0.39 is 29.4 Å². The minimum Gasteiger partial charge on any atom is -0.492 e. The lowest BCUT2D eigenvalue weighted by Gasteiger charge is -2.12. The molecule has 0 radical (unpaired) electrons. The second kappa shape index (κ2) is 9.82. The lowest BCUT2D eigenvalue weighted by atomic mass is 10.2. The van der Waals surface area contributed by atoms with Gasteiger partial charge in [-0.05, 0) is 62.7 Å². The Balaban J connectivity index is 1.68. The van der Waals surface area contributed by atoms with Gasteiger partial charge < -0.3 is 9.84 Å². The number of nitrogens with zero attached hydrogens (tertiary/aromatic N) is 3. The molecule has 0 saturated carbocycles. The number of aryl methyl sites for hydroxylation is 2. The van der Waals surface area contributed by atoms with Gasteiger partial charge in [0.05, 0.1) is 22.9 Å². The van der Waals surface area contributed by atoms with Crippen molar-refractivity contribution in [2.75, 3.05) is 6.61 Å². The Kier molecular flexibility index (Phi) is 7.31. The quantitative estimate of drug-likeness (QED) is 0.340. The second-order valence-electron chi connectivity index (χ2n) is 7.45. The number of carboxylic acids is 1. The fourth-order valence-corrected chi connectivity index (χ4v) is 3.80. The zero-order chi connectivity index (χ0) is 24.3. The predicted octanol–water partition coefficient (Wildman–Crippen LogP) is 5.43. The van der Waals surface area contributed by atoms with Crippen molar-refractivity contribution in [3.63, 3.8) is 0 Å². The van der Waals surface area contributed by atoms with Crippen LogP contribution >= 0.6 is 11.8 Å². The maximum Gasteiger partial charge on any atom is 0.416 e. The summed E-state index contributed by atoms with van der Waals surface area (Å²) in [6.45, 7) is 5.16. The Morgan fingerprint density at radius 1 is 1.18 bits per heavy atom. The van der Waals surface area contributed by atoms with E-state index in [1.807, 2.05) is 19.1 Å². The molecule has 2 aromatic carbocycles. The molecular formula is C22H21F4N3O3S. The van der Waals surface area contributed by atoms with Crippen LogP contribution in [0, 0.1) is 25.6 Å². The summed E-state index contributed by atoms with van der Waals surface area (Å²) in [4.78, 5) is 12.8. The van der Waals surface area contributed by atoms with Crippen molar-refractivity contribution >= 4 is 17.7 Å². The lowest BCUT2D eigenvalue weighted by molar-refractivity contribution is -0.142. The fourth-order valence-electron chi connectivity index (χ4n) is 2.81. The van der Waals surface area contributed by atoms with Gasteiger partial charge in [-0.1, -0.05) is 0 Å². The third-order valence-electron chi connectivity index (χ3n) is 4.80. The van der Waals surface area contributed by atoms with Crippen molar-refractivity contribution in [2.45, 2.75) is 37.6 Å². The van der Waals surface area contributed by atoms with Crippen LogP contribution in [0.15, 0.2) is 41.3 Å². The summed E-state index contributed by atoms with van der Waals surface area (Å²) in [6.07, 6.45) is -4.64. The smallest absolute Gasteiger partial charge is 0.416 e. The number of alkyl halides is 3. The molecule has 3 rings (SSSR count). The summed E-state index contributed by atoms with van der Waals surface area (Å²) in [5, 5.41) is 17.3. The zero-order valence-corrected chi connectivity index (χ0v) is 18.8. The molecule has 3 aromatic rings. The maximum absolute atomic E-state index is 14.2. The van der Waals surface area contributed by atoms with Crippen molar-refractivity contribution in [3.05, 3.63) is 64.7 Å². The summed E-state index contributed by atoms with van der Waals surface area (Å²) in [5.74, 6) is -1.63. The molecule has 0 aliphatic carbocycles. The Labute approximate surface area is 191 Å². The molecule has 0 saturated heterocycles. The lowest BCUT2D eigenvalue weighted by Crippen LogP contribution is -2.18. The first-order valence-corrected chi connectivity index (χ1v) is 10.8. The molecule has 0 bridgehead atoms. The number of aliphatic carboxylic acids is 1. The molecule has 0 amide bonds. The van der Waals surface area contributed by atoms with Gasteiger partial charge >= 0.3 is 12.1 Å². The molecule has 0 spiro atoms. The summed E-state index contributed by atoms with van der Waals surface area (Å²) in [5.41, 5.74) is 0.678. The zero-order valence-electron chi connectivity index (χ0n) is 18.0.